The minimum absolute atomic E-state index is 0.0779. The molecule has 0 bridgehead atoms. The number of benzene rings is 2. The standard InChI is InChI=1S/C19H24ClNO/c1-14-9-10-15(13-17(14)20)21-11-12-22-18-8-6-5-7-16(18)19(2,3)4/h5-10,13,21H,11-12H2,1-4H3. The summed E-state index contributed by atoms with van der Waals surface area (Å²) in [5.41, 5.74) is 3.41. The summed E-state index contributed by atoms with van der Waals surface area (Å²) in [6.07, 6.45) is 0. The van der Waals surface area contributed by atoms with Crippen LogP contribution in [0.3, 0.4) is 0 Å². The molecular formula is C19H24ClNO. The average Bonchev–Trinajstić information content (AvgIpc) is 2.46. The summed E-state index contributed by atoms with van der Waals surface area (Å²) in [7, 11) is 0. The number of aryl methyl sites for hydroxylation is 1. The van der Waals surface area contributed by atoms with Crippen molar-refractivity contribution in [2.24, 2.45) is 0 Å². The summed E-state index contributed by atoms with van der Waals surface area (Å²) in [4.78, 5) is 0. The van der Waals surface area contributed by atoms with Crippen LogP contribution < -0.4 is 10.1 Å². The van der Waals surface area contributed by atoms with Gasteiger partial charge in [0, 0.05) is 17.3 Å². The van der Waals surface area contributed by atoms with E-state index in [9.17, 15) is 0 Å². The van der Waals surface area contributed by atoms with Gasteiger partial charge in [-0.25, -0.2) is 0 Å². The van der Waals surface area contributed by atoms with Gasteiger partial charge in [0.05, 0.1) is 0 Å². The normalized spacial score (nSPS) is 11.3. The van der Waals surface area contributed by atoms with E-state index in [0.29, 0.717) is 6.61 Å². The van der Waals surface area contributed by atoms with Crippen LogP contribution in [-0.4, -0.2) is 13.2 Å². The zero-order chi connectivity index (χ0) is 16.2. The Balaban J connectivity index is 1.90. The molecule has 0 heterocycles. The second-order valence-electron chi connectivity index (χ2n) is 6.49. The Labute approximate surface area is 138 Å². The molecule has 0 fully saturated rings. The van der Waals surface area contributed by atoms with Gasteiger partial charge in [-0.2, -0.15) is 0 Å². The van der Waals surface area contributed by atoms with Crippen LogP contribution in [0.25, 0.3) is 0 Å². The molecule has 2 aromatic rings. The first-order valence-corrected chi connectivity index (χ1v) is 7.98. The quantitative estimate of drug-likeness (QED) is 0.742. The fraction of sp³-hybridized carbons (Fsp3) is 0.368. The van der Waals surface area contributed by atoms with Crippen LogP contribution in [0.1, 0.15) is 31.9 Å². The minimum Gasteiger partial charge on any atom is -0.491 e. The molecular weight excluding hydrogens is 294 g/mol. The van der Waals surface area contributed by atoms with Crippen molar-refractivity contribution >= 4 is 17.3 Å². The van der Waals surface area contributed by atoms with Crippen molar-refractivity contribution < 1.29 is 4.74 Å². The van der Waals surface area contributed by atoms with Crippen LogP contribution in [0, 0.1) is 6.92 Å². The predicted octanol–water partition coefficient (Wildman–Crippen LogP) is 5.44. The Morgan fingerprint density at radius 2 is 1.82 bits per heavy atom. The van der Waals surface area contributed by atoms with Gasteiger partial charge in [-0.3, -0.25) is 0 Å². The maximum Gasteiger partial charge on any atom is 0.123 e. The molecule has 2 rings (SSSR count). The highest BCUT2D eigenvalue weighted by molar-refractivity contribution is 6.31. The topological polar surface area (TPSA) is 21.3 Å². The second kappa shape index (κ2) is 7.06. The number of ether oxygens (including phenoxy) is 1. The summed E-state index contributed by atoms with van der Waals surface area (Å²) >= 11 is 6.12. The van der Waals surface area contributed by atoms with E-state index >= 15 is 0 Å². The van der Waals surface area contributed by atoms with Gasteiger partial charge < -0.3 is 10.1 Å². The van der Waals surface area contributed by atoms with Crippen LogP contribution in [0.4, 0.5) is 5.69 Å². The summed E-state index contributed by atoms with van der Waals surface area (Å²) in [5.74, 6) is 0.957. The molecule has 2 aromatic carbocycles. The molecule has 0 aliphatic heterocycles. The van der Waals surface area contributed by atoms with Gasteiger partial charge in [0.2, 0.25) is 0 Å². The maximum absolute atomic E-state index is 6.12. The fourth-order valence-corrected chi connectivity index (χ4v) is 2.45. The van der Waals surface area contributed by atoms with Gasteiger partial charge in [-0.05, 0) is 41.7 Å². The lowest BCUT2D eigenvalue weighted by atomic mass is 9.86. The van der Waals surface area contributed by atoms with Gasteiger partial charge in [-0.15, -0.1) is 0 Å². The molecule has 118 valence electrons. The van der Waals surface area contributed by atoms with Gasteiger partial charge in [-0.1, -0.05) is 56.6 Å². The van der Waals surface area contributed by atoms with Crippen molar-refractivity contribution in [3.8, 4) is 5.75 Å². The van der Waals surface area contributed by atoms with Crippen LogP contribution in [0.15, 0.2) is 42.5 Å². The highest BCUT2D eigenvalue weighted by atomic mass is 35.5. The van der Waals surface area contributed by atoms with Crippen molar-refractivity contribution in [3.05, 3.63) is 58.6 Å². The first-order valence-electron chi connectivity index (χ1n) is 7.60. The summed E-state index contributed by atoms with van der Waals surface area (Å²) < 4.78 is 5.94. The van der Waals surface area contributed by atoms with E-state index in [1.165, 1.54) is 5.56 Å². The van der Waals surface area contributed by atoms with E-state index in [2.05, 4.69) is 38.2 Å². The number of hydrogen-bond acceptors (Lipinski definition) is 2. The molecule has 0 saturated heterocycles. The molecule has 1 N–H and O–H groups in total. The Hall–Kier alpha value is -1.67. The molecule has 2 nitrogen and oxygen atoms in total. The third-order valence-corrected chi connectivity index (χ3v) is 3.96. The van der Waals surface area contributed by atoms with Crippen molar-refractivity contribution in [2.75, 3.05) is 18.5 Å². The molecule has 0 amide bonds. The Bertz CT molecular complexity index is 632. The number of para-hydroxylation sites is 1. The highest BCUT2D eigenvalue weighted by Crippen LogP contribution is 2.30. The molecule has 0 saturated carbocycles. The monoisotopic (exact) mass is 317 g/mol. The van der Waals surface area contributed by atoms with Crippen molar-refractivity contribution in [1.82, 2.24) is 0 Å². The zero-order valence-electron chi connectivity index (χ0n) is 13.7. The predicted molar refractivity (Wildman–Crippen MR) is 95.3 cm³/mol. The van der Waals surface area contributed by atoms with E-state index < -0.39 is 0 Å². The first kappa shape index (κ1) is 16.7. The van der Waals surface area contributed by atoms with E-state index in [1.807, 2.05) is 37.3 Å². The van der Waals surface area contributed by atoms with E-state index in [-0.39, 0.29) is 5.41 Å². The number of hydrogen-bond donors (Lipinski definition) is 1. The van der Waals surface area contributed by atoms with E-state index in [1.54, 1.807) is 0 Å². The SMILES string of the molecule is Cc1ccc(NCCOc2ccccc2C(C)(C)C)cc1Cl. The molecule has 0 aromatic heterocycles. The molecule has 3 heteroatoms. The maximum atomic E-state index is 6.12. The Morgan fingerprint density at radius 1 is 1.09 bits per heavy atom. The second-order valence-corrected chi connectivity index (χ2v) is 6.89. The summed E-state index contributed by atoms with van der Waals surface area (Å²) in [5, 5.41) is 4.11. The van der Waals surface area contributed by atoms with Crippen LogP contribution in [0.5, 0.6) is 5.75 Å². The molecule has 0 radical (unpaired) electrons. The fourth-order valence-electron chi connectivity index (χ4n) is 2.27. The van der Waals surface area contributed by atoms with Crippen molar-refractivity contribution in [2.45, 2.75) is 33.1 Å². The van der Waals surface area contributed by atoms with Crippen LogP contribution in [0.2, 0.25) is 5.02 Å². The first-order chi connectivity index (χ1) is 10.4. The lowest BCUT2D eigenvalue weighted by Gasteiger charge is -2.22. The molecule has 0 unspecified atom stereocenters. The van der Waals surface area contributed by atoms with Gasteiger partial charge in [0.25, 0.3) is 0 Å². The van der Waals surface area contributed by atoms with E-state index in [0.717, 1.165) is 28.6 Å². The minimum atomic E-state index is 0.0779. The van der Waals surface area contributed by atoms with Crippen LogP contribution >= 0.6 is 11.6 Å². The summed E-state index contributed by atoms with van der Waals surface area (Å²) in [6, 6.07) is 14.2. The molecule has 22 heavy (non-hydrogen) atoms. The molecule has 0 aliphatic carbocycles. The smallest absolute Gasteiger partial charge is 0.123 e. The Kier molecular flexibility index (Phi) is 5.36. The van der Waals surface area contributed by atoms with Crippen LogP contribution in [-0.2, 0) is 5.41 Å². The largest absolute Gasteiger partial charge is 0.491 e. The van der Waals surface area contributed by atoms with E-state index in [4.69, 9.17) is 16.3 Å². The lowest BCUT2D eigenvalue weighted by Crippen LogP contribution is -2.16. The third-order valence-electron chi connectivity index (χ3n) is 3.56. The number of nitrogens with one attached hydrogen (secondary N) is 1. The highest BCUT2D eigenvalue weighted by Gasteiger charge is 2.18. The number of halogens is 1. The van der Waals surface area contributed by atoms with Gasteiger partial charge in [0.15, 0.2) is 0 Å². The lowest BCUT2D eigenvalue weighted by molar-refractivity contribution is 0.323. The molecule has 0 atom stereocenters. The Morgan fingerprint density at radius 3 is 2.50 bits per heavy atom. The summed E-state index contributed by atoms with van der Waals surface area (Å²) in [6.45, 7) is 9.93. The van der Waals surface area contributed by atoms with Crippen molar-refractivity contribution in [3.63, 3.8) is 0 Å². The zero-order valence-corrected chi connectivity index (χ0v) is 14.5. The van der Waals surface area contributed by atoms with Crippen molar-refractivity contribution in [1.29, 1.82) is 0 Å². The average molecular weight is 318 g/mol. The van der Waals surface area contributed by atoms with Gasteiger partial charge in [0.1, 0.15) is 12.4 Å². The molecule has 0 spiro atoms. The molecule has 0 aliphatic rings. The third kappa shape index (κ3) is 4.41. The van der Waals surface area contributed by atoms with Gasteiger partial charge >= 0.3 is 0 Å². The number of anilines is 1. The number of rotatable bonds is 5.